The summed E-state index contributed by atoms with van der Waals surface area (Å²) in [7, 11) is 1.56. The molecular formula is C44H47F3N6O6. The zero-order valence-corrected chi connectivity index (χ0v) is 33.6. The van der Waals surface area contributed by atoms with Crippen LogP contribution in [0.15, 0.2) is 101 Å². The monoisotopic (exact) mass is 812 g/mol. The molecule has 310 valence electrons. The number of fused-ring (bicyclic) bond motifs is 2. The molecule has 0 unspecified atom stereocenters. The van der Waals surface area contributed by atoms with Crippen LogP contribution in [0.5, 0.6) is 0 Å². The van der Waals surface area contributed by atoms with Crippen LogP contribution in [0.3, 0.4) is 0 Å². The highest BCUT2D eigenvalue weighted by atomic mass is 19.3. The Morgan fingerprint density at radius 2 is 1.66 bits per heavy atom. The Bertz CT molecular complexity index is 2500. The lowest BCUT2D eigenvalue weighted by atomic mass is 9.99. The summed E-state index contributed by atoms with van der Waals surface area (Å²) in [5.74, 6) is -2.18. The van der Waals surface area contributed by atoms with Gasteiger partial charge >= 0.3 is 11.7 Å². The van der Waals surface area contributed by atoms with Gasteiger partial charge in [0.2, 0.25) is 6.43 Å². The first-order valence-electron chi connectivity index (χ1n) is 19.3. The number of halogens is 3. The van der Waals surface area contributed by atoms with E-state index in [0.29, 0.717) is 71.3 Å². The Labute approximate surface area is 339 Å². The summed E-state index contributed by atoms with van der Waals surface area (Å²) in [5.41, 5.74) is 2.29. The maximum Gasteiger partial charge on any atom is 0.335 e. The number of pyridine rings is 2. The van der Waals surface area contributed by atoms with Gasteiger partial charge in [-0.3, -0.25) is 24.1 Å². The molecule has 0 saturated carbocycles. The number of nitrogens with one attached hydrogen (secondary N) is 1. The first-order chi connectivity index (χ1) is 28.4. The number of ether oxygens (including phenoxy) is 2. The van der Waals surface area contributed by atoms with Gasteiger partial charge in [-0.15, -0.1) is 0 Å². The highest BCUT2D eigenvalue weighted by molar-refractivity contribution is 5.99. The molecule has 1 fully saturated rings. The van der Waals surface area contributed by atoms with E-state index in [0.717, 1.165) is 17.1 Å². The fourth-order valence-corrected chi connectivity index (χ4v) is 6.76. The molecule has 0 aliphatic carbocycles. The van der Waals surface area contributed by atoms with E-state index in [1.165, 1.54) is 23.0 Å². The zero-order valence-electron chi connectivity index (χ0n) is 33.6. The molecule has 0 bridgehead atoms. The fourth-order valence-electron chi connectivity index (χ4n) is 6.76. The minimum atomic E-state index is -2.17. The minimum absolute atomic E-state index is 0.0544. The molecule has 1 aliphatic rings. The average Bonchev–Trinajstić information content (AvgIpc) is 3.24. The molecule has 3 aromatic heterocycles. The summed E-state index contributed by atoms with van der Waals surface area (Å²) in [5, 5.41) is 3.59. The van der Waals surface area contributed by atoms with Crippen LogP contribution >= 0.6 is 0 Å². The number of hydrogen-bond donors (Lipinski definition) is 1. The number of hydrogen-bond acceptors (Lipinski definition) is 9. The number of amides is 1. The topological polar surface area (TPSA) is 138 Å². The van der Waals surface area contributed by atoms with Gasteiger partial charge in [-0.25, -0.2) is 27.3 Å². The van der Waals surface area contributed by atoms with Crippen LogP contribution in [0.4, 0.5) is 18.9 Å². The Kier molecular flexibility index (Phi) is 15.1. The first kappa shape index (κ1) is 43.8. The van der Waals surface area contributed by atoms with Crippen LogP contribution in [-0.2, 0) is 34.2 Å². The molecule has 12 nitrogen and oxygen atoms in total. The van der Waals surface area contributed by atoms with Crippen LogP contribution in [0.2, 0.25) is 0 Å². The van der Waals surface area contributed by atoms with Crippen molar-refractivity contribution in [1.29, 1.82) is 0 Å². The molecular weight excluding hydrogens is 766 g/mol. The third kappa shape index (κ3) is 10.4. The highest BCUT2D eigenvalue weighted by Crippen LogP contribution is 2.26. The molecule has 1 aliphatic heterocycles. The number of esters is 1. The summed E-state index contributed by atoms with van der Waals surface area (Å²) < 4.78 is 49.9. The van der Waals surface area contributed by atoms with Crippen LogP contribution in [0.25, 0.3) is 27.5 Å². The predicted octanol–water partition coefficient (Wildman–Crippen LogP) is 6.34. The van der Waals surface area contributed by atoms with E-state index >= 15 is 4.39 Å². The van der Waals surface area contributed by atoms with E-state index in [-0.39, 0.29) is 24.3 Å². The number of aromatic nitrogens is 4. The van der Waals surface area contributed by atoms with E-state index in [4.69, 9.17) is 9.47 Å². The van der Waals surface area contributed by atoms with Gasteiger partial charge in [-0.2, -0.15) is 0 Å². The standard InChI is InChI=1S/C40H37FN6O6.C2H4F2.C2H6/c1-25-21-28(46-16-19-52-20-17-46)23-31(41)35(25)37(48)44-32(39(50)53-18-13-26-7-4-3-5-8-26)22-27-10-11-33(36-29(27)9-6-14-43-36)47-38(49)30-12-15-42-24-34(30)45(2)40(47)51;1-2(3)4;1-2/h3-12,14-15,21,23-24,32H,13,16-20,22H2,1-2H3,(H,44,48);2H,1H3;1-2H3/t32-;;/m0../s1. The van der Waals surface area contributed by atoms with Crippen molar-refractivity contribution < 1.29 is 32.2 Å². The average molecular weight is 813 g/mol. The number of rotatable bonds is 10. The summed E-state index contributed by atoms with van der Waals surface area (Å²) in [6.07, 6.45) is 2.72. The van der Waals surface area contributed by atoms with Crippen molar-refractivity contribution in [1.82, 2.24) is 24.4 Å². The quantitative estimate of drug-likeness (QED) is 0.157. The van der Waals surface area contributed by atoms with Gasteiger partial charge in [0.25, 0.3) is 11.5 Å². The minimum Gasteiger partial charge on any atom is -0.464 e. The van der Waals surface area contributed by atoms with Crippen molar-refractivity contribution in [2.24, 2.45) is 7.05 Å². The molecule has 6 aromatic rings. The molecule has 1 N–H and O–H groups in total. The lowest BCUT2D eigenvalue weighted by molar-refractivity contribution is -0.145. The van der Waals surface area contributed by atoms with Crippen LogP contribution in [-0.4, -0.2) is 76.4 Å². The maximum atomic E-state index is 15.7. The smallest absolute Gasteiger partial charge is 0.335 e. The molecule has 0 spiro atoms. The predicted molar refractivity (Wildman–Crippen MR) is 221 cm³/mol. The van der Waals surface area contributed by atoms with Gasteiger partial charge in [0, 0.05) is 56.4 Å². The number of morpholine rings is 1. The normalized spacial score (nSPS) is 12.9. The molecule has 1 atom stereocenters. The number of benzene rings is 3. The lowest BCUT2D eigenvalue weighted by Crippen LogP contribution is -2.44. The van der Waals surface area contributed by atoms with Crippen LogP contribution in [0, 0.1) is 12.7 Å². The summed E-state index contributed by atoms with van der Waals surface area (Å²) in [4.78, 5) is 65.4. The molecule has 1 amide bonds. The second-order valence-corrected chi connectivity index (χ2v) is 13.4. The Hall–Kier alpha value is -6.35. The van der Waals surface area contributed by atoms with Gasteiger partial charge in [-0.05, 0) is 60.9 Å². The first-order valence-corrected chi connectivity index (χ1v) is 19.3. The van der Waals surface area contributed by atoms with Crippen molar-refractivity contribution in [2.75, 3.05) is 37.8 Å². The van der Waals surface area contributed by atoms with E-state index < -0.39 is 41.4 Å². The van der Waals surface area contributed by atoms with Crippen molar-refractivity contribution in [3.05, 3.63) is 140 Å². The van der Waals surface area contributed by atoms with Gasteiger partial charge in [-0.1, -0.05) is 56.3 Å². The molecule has 3 aromatic carbocycles. The molecule has 15 heteroatoms. The van der Waals surface area contributed by atoms with Crippen molar-refractivity contribution >= 4 is 39.4 Å². The van der Waals surface area contributed by atoms with E-state index in [9.17, 15) is 28.0 Å². The number of anilines is 1. The Morgan fingerprint density at radius 1 is 0.949 bits per heavy atom. The zero-order chi connectivity index (χ0) is 42.6. The van der Waals surface area contributed by atoms with Crippen molar-refractivity contribution in [2.45, 2.75) is 53.0 Å². The Morgan fingerprint density at radius 3 is 2.36 bits per heavy atom. The van der Waals surface area contributed by atoms with Gasteiger partial charge < -0.3 is 19.7 Å². The van der Waals surface area contributed by atoms with Gasteiger partial charge in [0.1, 0.15) is 11.9 Å². The number of carbonyl (C=O) groups excluding carboxylic acids is 2. The third-order valence-electron chi connectivity index (χ3n) is 9.52. The maximum absolute atomic E-state index is 15.7. The number of carbonyl (C=O) groups is 2. The SMILES string of the molecule is CC.CC(F)F.Cc1cc(N2CCOCC2)cc(F)c1C(=O)N[C@@H](Cc1ccc(-n2c(=O)c3ccncc3n(C)c2=O)c2ncccc12)C(=O)OCCc1ccccc1. The summed E-state index contributed by atoms with van der Waals surface area (Å²) in [6.45, 7) is 8.80. The molecule has 1 saturated heterocycles. The second kappa shape index (κ2) is 20.4. The lowest BCUT2D eigenvalue weighted by Gasteiger charge is -2.29. The summed E-state index contributed by atoms with van der Waals surface area (Å²) >= 11 is 0. The van der Waals surface area contributed by atoms with Crippen LogP contribution < -0.4 is 21.5 Å². The highest BCUT2D eigenvalue weighted by Gasteiger charge is 2.28. The van der Waals surface area contributed by atoms with Gasteiger partial charge in [0.05, 0.1) is 53.7 Å². The van der Waals surface area contributed by atoms with E-state index in [1.807, 2.05) is 49.1 Å². The number of alkyl halides is 2. The summed E-state index contributed by atoms with van der Waals surface area (Å²) in [6, 6.07) is 19.7. The number of aryl methyl sites for hydroxylation is 2. The van der Waals surface area contributed by atoms with E-state index in [2.05, 4.69) is 15.3 Å². The Balaban J connectivity index is 0.00000104. The molecule has 7 rings (SSSR count). The third-order valence-corrected chi connectivity index (χ3v) is 9.52. The number of nitrogens with zero attached hydrogens (tertiary/aromatic N) is 5. The largest absolute Gasteiger partial charge is 0.464 e. The van der Waals surface area contributed by atoms with Crippen molar-refractivity contribution in [3.8, 4) is 5.69 Å². The molecule has 59 heavy (non-hydrogen) atoms. The molecule has 0 radical (unpaired) electrons. The van der Waals surface area contributed by atoms with Crippen molar-refractivity contribution in [3.63, 3.8) is 0 Å². The fraction of sp³-hybridized carbons (Fsp3) is 0.318. The van der Waals surface area contributed by atoms with E-state index in [1.54, 1.807) is 56.6 Å². The second-order valence-electron chi connectivity index (χ2n) is 13.4. The molecule has 4 heterocycles. The van der Waals surface area contributed by atoms with Gasteiger partial charge in [0.15, 0.2) is 0 Å². The van der Waals surface area contributed by atoms with Crippen LogP contribution in [0.1, 0.15) is 47.8 Å².